The normalized spacial score (nSPS) is 9.95. The molecule has 19 heavy (non-hydrogen) atoms. The number of anilines is 1. The maximum absolute atomic E-state index is 11.9. The van der Waals surface area contributed by atoms with Crippen molar-refractivity contribution in [2.24, 2.45) is 0 Å². The lowest BCUT2D eigenvalue weighted by molar-refractivity contribution is 0.0527. The molecule has 98 valence electrons. The highest BCUT2D eigenvalue weighted by Crippen LogP contribution is 2.17. The number of nitrogens with zero attached hydrogens (tertiary/aromatic N) is 1. The number of hydrogen-bond acceptors (Lipinski definition) is 5. The Labute approximate surface area is 114 Å². The molecule has 0 radical (unpaired) electrons. The zero-order valence-corrected chi connectivity index (χ0v) is 11.1. The molecular formula is C13H12N2O3S. The van der Waals surface area contributed by atoms with Crippen LogP contribution in [0.5, 0.6) is 0 Å². The van der Waals surface area contributed by atoms with Crippen LogP contribution in [0.1, 0.15) is 27.1 Å². The summed E-state index contributed by atoms with van der Waals surface area (Å²) in [6.45, 7) is 2.02. The summed E-state index contributed by atoms with van der Waals surface area (Å²) in [5.41, 5.74) is 0.746. The molecule has 1 aromatic carbocycles. The number of nitrogens with one attached hydrogen (secondary N) is 1. The van der Waals surface area contributed by atoms with E-state index in [1.54, 1.807) is 42.8 Å². The van der Waals surface area contributed by atoms with Gasteiger partial charge in [-0.25, -0.2) is 9.78 Å². The smallest absolute Gasteiger partial charge is 0.340 e. The third kappa shape index (κ3) is 3.17. The van der Waals surface area contributed by atoms with Crippen LogP contribution in [0.2, 0.25) is 0 Å². The van der Waals surface area contributed by atoms with E-state index in [0.29, 0.717) is 16.3 Å². The SMILES string of the molecule is CCOC(=O)c1ccccc1NC(=O)c1nccs1. The second-order valence-corrected chi connectivity index (χ2v) is 4.45. The Kier molecular flexibility index (Phi) is 4.25. The van der Waals surface area contributed by atoms with Crippen molar-refractivity contribution in [1.82, 2.24) is 4.98 Å². The summed E-state index contributed by atoms with van der Waals surface area (Å²) in [5.74, 6) is -0.802. The molecule has 5 nitrogen and oxygen atoms in total. The zero-order valence-electron chi connectivity index (χ0n) is 10.3. The van der Waals surface area contributed by atoms with Gasteiger partial charge in [0.05, 0.1) is 17.9 Å². The van der Waals surface area contributed by atoms with Crippen molar-refractivity contribution in [3.8, 4) is 0 Å². The topological polar surface area (TPSA) is 68.3 Å². The lowest BCUT2D eigenvalue weighted by Crippen LogP contribution is -2.15. The molecule has 0 spiro atoms. The van der Waals surface area contributed by atoms with Gasteiger partial charge in [0.1, 0.15) is 0 Å². The Bertz CT molecular complexity index is 581. The van der Waals surface area contributed by atoms with E-state index in [0.717, 1.165) is 0 Å². The van der Waals surface area contributed by atoms with E-state index in [-0.39, 0.29) is 12.5 Å². The number of hydrogen-bond donors (Lipinski definition) is 1. The quantitative estimate of drug-likeness (QED) is 0.871. The van der Waals surface area contributed by atoms with Gasteiger partial charge >= 0.3 is 5.97 Å². The molecule has 0 saturated carbocycles. The third-order valence-electron chi connectivity index (χ3n) is 2.30. The number of carbonyl (C=O) groups excluding carboxylic acids is 2. The van der Waals surface area contributed by atoms with Crippen molar-refractivity contribution >= 4 is 28.9 Å². The first-order valence-corrected chi connectivity index (χ1v) is 6.57. The Morgan fingerprint density at radius 2 is 2.16 bits per heavy atom. The predicted molar refractivity (Wildman–Crippen MR) is 72.5 cm³/mol. The number of esters is 1. The Morgan fingerprint density at radius 1 is 1.37 bits per heavy atom. The summed E-state index contributed by atoms with van der Waals surface area (Å²) in [6, 6.07) is 6.71. The number of para-hydroxylation sites is 1. The van der Waals surface area contributed by atoms with Crippen molar-refractivity contribution < 1.29 is 14.3 Å². The Morgan fingerprint density at radius 3 is 2.84 bits per heavy atom. The van der Waals surface area contributed by atoms with E-state index in [4.69, 9.17) is 4.74 Å². The van der Waals surface area contributed by atoms with Crippen LogP contribution in [-0.2, 0) is 4.74 Å². The fourth-order valence-electron chi connectivity index (χ4n) is 1.49. The van der Waals surface area contributed by atoms with E-state index in [2.05, 4.69) is 10.3 Å². The summed E-state index contributed by atoms with van der Waals surface area (Å²) in [6.07, 6.45) is 1.55. The minimum Gasteiger partial charge on any atom is -0.462 e. The second kappa shape index (κ2) is 6.10. The largest absolute Gasteiger partial charge is 0.462 e. The molecule has 1 amide bonds. The molecule has 1 N–H and O–H groups in total. The summed E-state index contributed by atoms with van der Waals surface area (Å²) < 4.78 is 4.94. The van der Waals surface area contributed by atoms with Crippen molar-refractivity contribution in [3.05, 3.63) is 46.4 Å². The molecule has 1 heterocycles. The Hall–Kier alpha value is -2.21. The lowest BCUT2D eigenvalue weighted by atomic mass is 10.2. The molecule has 0 aliphatic heterocycles. The molecule has 2 aromatic rings. The number of benzene rings is 1. The van der Waals surface area contributed by atoms with Crippen molar-refractivity contribution in [3.63, 3.8) is 0 Å². The maximum atomic E-state index is 11.9. The van der Waals surface area contributed by atoms with E-state index in [9.17, 15) is 9.59 Å². The highest BCUT2D eigenvalue weighted by Gasteiger charge is 2.15. The van der Waals surface area contributed by atoms with Crippen LogP contribution in [0.25, 0.3) is 0 Å². The first-order chi connectivity index (χ1) is 9.22. The van der Waals surface area contributed by atoms with E-state index < -0.39 is 5.97 Å². The van der Waals surface area contributed by atoms with Crippen LogP contribution < -0.4 is 5.32 Å². The van der Waals surface area contributed by atoms with Gasteiger partial charge in [0.25, 0.3) is 5.91 Å². The van der Waals surface area contributed by atoms with Crippen LogP contribution in [0.4, 0.5) is 5.69 Å². The van der Waals surface area contributed by atoms with Gasteiger partial charge in [0, 0.05) is 11.6 Å². The maximum Gasteiger partial charge on any atom is 0.340 e. The number of rotatable bonds is 4. The standard InChI is InChI=1S/C13H12N2O3S/c1-2-18-13(17)9-5-3-4-6-10(9)15-11(16)12-14-7-8-19-12/h3-8H,2H2,1H3,(H,15,16). The van der Waals surface area contributed by atoms with Gasteiger partial charge in [-0.05, 0) is 19.1 Å². The van der Waals surface area contributed by atoms with Crippen LogP contribution in [-0.4, -0.2) is 23.5 Å². The molecule has 2 rings (SSSR count). The van der Waals surface area contributed by atoms with Crippen molar-refractivity contribution in [2.45, 2.75) is 6.92 Å². The highest BCUT2D eigenvalue weighted by atomic mass is 32.1. The highest BCUT2D eigenvalue weighted by molar-refractivity contribution is 7.11. The zero-order chi connectivity index (χ0) is 13.7. The van der Waals surface area contributed by atoms with Gasteiger partial charge in [0.15, 0.2) is 5.01 Å². The van der Waals surface area contributed by atoms with Crippen LogP contribution in [0, 0.1) is 0 Å². The molecule has 0 bridgehead atoms. The van der Waals surface area contributed by atoms with Gasteiger partial charge in [-0.3, -0.25) is 4.79 Å². The average molecular weight is 276 g/mol. The molecule has 0 unspecified atom stereocenters. The summed E-state index contributed by atoms with van der Waals surface area (Å²) >= 11 is 1.24. The number of carbonyl (C=O) groups is 2. The average Bonchev–Trinajstić information content (AvgIpc) is 2.93. The monoisotopic (exact) mass is 276 g/mol. The molecule has 0 fully saturated rings. The molecule has 0 atom stereocenters. The third-order valence-corrected chi connectivity index (χ3v) is 3.07. The number of ether oxygens (including phenoxy) is 1. The molecule has 0 aliphatic rings. The number of aromatic nitrogens is 1. The number of thiazole rings is 1. The lowest BCUT2D eigenvalue weighted by Gasteiger charge is -2.09. The van der Waals surface area contributed by atoms with E-state index >= 15 is 0 Å². The van der Waals surface area contributed by atoms with Crippen LogP contribution in [0.15, 0.2) is 35.8 Å². The second-order valence-electron chi connectivity index (χ2n) is 3.56. The minimum absolute atomic E-state index is 0.285. The molecule has 1 aromatic heterocycles. The van der Waals surface area contributed by atoms with Gasteiger partial charge in [0.2, 0.25) is 0 Å². The van der Waals surface area contributed by atoms with Gasteiger partial charge in [-0.1, -0.05) is 12.1 Å². The fourth-order valence-corrected chi connectivity index (χ4v) is 2.02. The van der Waals surface area contributed by atoms with Gasteiger partial charge < -0.3 is 10.1 Å². The first-order valence-electron chi connectivity index (χ1n) is 5.69. The van der Waals surface area contributed by atoms with E-state index in [1.165, 1.54) is 11.3 Å². The van der Waals surface area contributed by atoms with Crippen molar-refractivity contribution in [1.29, 1.82) is 0 Å². The molecular weight excluding hydrogens is 264 g/mol. The van der Waals surface area contributed by atoms with Gasteiger partial charge in [-0.15, -0.1) is 11.3 Å². The predicted octanol–water partition coefficient (Wildman–Crippen LogP) is 2.57. The fraction of sp³-hybridized carbons (Fsp3) is 0.154. The van der Waals surface area contributed by atoms with Gasteiger partial charge in [-0.2, -0.15) is 0 Å². The summed E-state index contributed by atoms with van der Waals surface area (Å²) in [7, 11) is 0. The van der Waals surface area contributed by atoms with E-state index in [1.807, 2.05) is 0 Å². The van der Waals surface area contributed by atoms with Crippen molar-refractivity contribution in [2.75, 3.05) is 11.9 Å². The summed E-state index contributed by atoms with van der Waals surface area (Å²) in [5, 5.41) is 4.72. The molecule has 0 aliphatic carbocycles. The van der Waals surface area contributed by atoms with Crippen LogP contribution >= 0.6 is 11.3 Å². The molecule has 0 saturated heterocycles. The Balaban J connectivity index is 2.21. The van der Waals surface area contributed by atoms with Crippen LogP contribution in [0.3, 0.4) is 0 Å². The number of amides is 1. The first kappa shape index (κ1) is 13.2. The minimum atomic E-state index is -0.461. The summed E-state index contributed by atoms with van der Waals surface area (Å²) in [4.78, 5) is 27.6. The molecule has 6 heteroatoms.